The Balaban J connectivity index is 1.97. The van der Waals surface area contributed by atoms with Crippen molar-refractivity contribution in [3.63, 3.8) is 0 Å². The van der Waals surface area contributed by atoms with E-state index in [9.17, 15) is 9.59 Å². The Hall–Kier alpha value is -2.41. The molecule has 0 unspecified atom stereocenters. The van der Waals surface area contributed by atoms with Gasteiger partial charge in [-0.05, 0) is 12.1 Å². The highest BCUT2D eigenvalue weighted by Gasteiger charge is 2.21. The molecule has 0 atom stereocenters. The van der Waals surface area contributed by atoms with E-state index in [0.29, 0.717) is 30.1 Å². The summed E-state index contributed by atoms with van der Waals surface area (Å²) in [7, 11) is 1.57. The third kappa shape index (κ3) is 2.47. The molecule has 110 valence electrons. The highest BCUT2D eigenvalue weighted by Crippen LogP contribution is 2.11. The van der Waals surface area contributed by atoms with Crippen LogP contribution >= 0.6 is 0 Å². The summed E-state index contributed by atoms with van der Waals surface area (Å²) in [5, 5.41) is 5.79. The zero-order valence-electron chi connectivity index (χ0n) is 11.8. The maximum atomic E-state index is 12.4. The minimum absolute atomic E-state index is 0.0944. The van der Waals surface area contributed by atoms with E-state index in [2.05, 4.69) is 15.6 Å². The molecule has 0 aliphatic carbocycles. The number of nitrogens with zero attached hydrogens (tertiary/aromatic N) is 3. The number of piperazine rings is 1. The molecule has 2 amide bonds. The number of nitrogens with one attached hydrogen (secondary N) is 2. The molecule has 0 saturated carbocycles. The summed E-state index contributed by atoms with van der Waals surface area (Å²) in [6, 6.07) is 5.24. The molecule has 7 nitrogen and oxygen atoms in total. The van der Waals surface area contributed by atoms with E-state index in [1.807, 2.05) is 0 Å². The van der Waals surface area contributed by atoms with Gasteiger partial charge in [-0.25, -0.2) is 4.98 Å². The minimum atomic E-state index is -0.209. The fourth-order valence-electron chi connectivity index (χ4n) is 2.46. The van der Waals surface area contributed by atoms with Crippen LogP contribution in [0.1, 0.15) is 21.0 Å². The lowest BCUT2D eigenvalue weighted by molar-refractivity contribution is 0.0730. The Morgan fingerprint density at radius 2 is 2.05 bits per heavy atom. The molecule has 0 aromatic carbocycles. The van der Waals surface area contributed by atoms with Gasteiger partial charge < -0.3 is 15.5 Å². The normalized spacial score (nSPS) is 15.2. The Morgan fingerprint density at radius 3 is 2.76 bits per heavy atom. The average molecular weight is 287 g/mol. The highest BCUT2D eigenvalue weighted by molar-refractivity contribution is 5.95. The lowest BCUT2D eigenvalue weighted by atomic mass is 10.3. The molecule has 21 heavy (non-hydrogen) atoms. The molecule has 1 aliphatic heterocycles. The Morgan fingerprint density at radius 1 is 1.29 bits per heavy atom. The maximum absolute atomic E-state index is 12.4. The summed E-state index contributed by atoms with van der Waals surface area (Å²) >= 11 is 0. The fourth-order valence-corrected chi connectivity index (χ4v) is 2.46. The Labute approximate surface area is 122 Å². The standard InChI is InChI=1S/C14H17N5O2/c1-15-13(20)11-3-2-4-12-17-10(9-19(11)12)14(21)18-7-5-16-6-8-18/h2-4,9,16H,5-8H2,1H3,(H,15,20). The Bertz CT molecular complexity index is 688. The number of aromatic nitrogens is 2. The number of fused-ring (bicyclic) bond motifs is 1. The molecule has 3 heterocycles. The van der Waals surface area contributed by atoms with Crippen LogP contribution in [-0.4, -0.2) is 59.3 Å². The predicted molar refractivity (Wildman–Crippen MR) is 77.4 cm³/mol. The van der Waals surface area contributed by atoms with E-state index in [4.69, 9.17) is 0 Å². The van der Waals surface area contributed by atoms with Crippen molar-refractivity contribution in [2.45, 2.75) is 0 Å². The average Bonchev–Trinajstić information content (AvgIpc) is 2.98. The molecule has 2 aromatic heterocycles. The van der Waals surface area contributed by atoms with Crippen LogP contribution in [0.25, 0.3) is 5.65 Å². The second-order valence-electron chi connectivity index (χ2n) is 4.89. The topological polar surface area (TPSA) is 78.7 Å². The van der Waals surface area contributed by atoms with Crippen LogP contribution in [0.5, 0.6) is 0 Å². The number of hydrogen-bond donors (Lipinski definition) is 2. The molecule has 0 radical (unpaired) electrons. The summed E-state index contributed by atoms with van der Waals surface area (Å²) in [6.45, 7) is 2.94. The fraction of sp³-hybridized carbons (Fsp3) is 0.357. The second-order valence-corrected chi connectivity index (χ2v) is 4.89. The highest BCUT2D eigenvalue weighted by atomic mass is 16.2. The minimum Gasteiger partial charge on any atom is -0.354 e. The van der Waals surface area contributed by atoms with Crippen LogP contribution in [0.4, 0.5) is 0 Å². The first-order valence-electron chi connectivity index (χ1n) is 6.91. The predicted octanol–water partition coefficient (Wildman–Crippen LogP) is -0.261. The van der Waals surface area contributed by atoms with Crippen molar-refractivity contribution in [3.8, 4) is 0 Å². The van der Waals surface area contributed by atoms with Gasteiger partial charge in [-0.15, -0.1) is 0 Å². The van der Waals surface area contributed by atoms with Gasteiger partial charge in [0.25, 0.3) is 11.8 Å². The summed E-state index contributed by atoms with van der Waals surface area (Å²) in [4.78, 5) is 30.4. The van der Waals surface area contributed by atoms with Gasteiger partial charge in [-0.1, -0.05) is 6.07 Å². The van der Waals surface area contributed by atoms with Gasteiger partial charge in [-0.3, -0.25) is 14.0 Å². The lowest BCUT2D eigenvalue weighted by Gasteiger charge is -2.26. The number of amides is 2. The van der Waals surface area contributed by atoms with E-state index < -0.39 is 0 Å². The summed E-state index contributed by atoms with van der Waals surface area (Å²) < 4.78 is 1.65. The largest absolute Gasteiger partial charge is 0.354 e. The quantitative estimate of drug-likeness (QED) is 0.797. The first-order chi connectivity index (χ1) is 10.2. The van der Waals surface area contributed by atoms with E-state index >= 15 is 0 Å². The monoisotopic (exact) mass is 287 g/mol. The van der Waals surface area contributed by atoms with Crippen molar-refractivity contribution < 1.29 is 9.59 Å². The van der Waals surface area contributed by atoms with Gasteiger partial charge in [0.15, 0.2) is 0 Å². The van der Waals surface area contributed by atoms with Crippen molar-refractivity contribution in [2.24, 2.45) is 0 Å². The van der Waals surface area contributed by atoms with E-state index in [-0.39, 0.29) is 11.8 Å². The molecule has 2 aromatic rings. The number of carbonyl (C=O) groups excluding carboxylic acids is 2. The smallest absolute Gasteiger partial charge is 0.274 e. The van der Waals surface area contributed by atoms with E-state index in [1.165, 1.54) is 0 Å². The second kappa shape index (κ2) is 5.53. The number of rotatable bonds is 2. The van der Waals surface area contributed by atoms with Gasteiger partial charge in [0, 0.05) is 39.4 Å². The molecule has 2 N–H and O–H groups in total. The number of carbonyl (C=O) groups is 2. The van der Waals surface area contributed by atoms with Crippen LogP contribution < -0.4 is 10.6 Å². The SMILES string of the molecule is CNC(=O)c1cccc2nc(C(=O)N3CCNCC3)cn12. The summed E-state index contributed by atoms with van der Waals surface area (Å²) in [5.74, 6) is -0.303. The van der Waals surface area contributed by atoms with Gasteiger partial charge in [0.2, 0.25) is 0 Å². The van der Waals surface area contributed by atoms with Crippen LogP contribution in [0.15, 0.2) is 24.4 Å². The van der Waals surface area contributed by atoms with Crippen LogP contribution in [0.2, 0.25) is 0 Å². The number of hydrogen-bond acceptors (Lipinski definition) is 4. The molecule has 1 aliphatic rings. The Kier molecular flexibility index (Phi) is 3.57. The van der Waals surface area contributed by atoms with Gasteiger partial charge in [0.05, 0.1) is 0 Å². The third-order valence-electron chi connectivity index (χ3n) is 3.58. The van der Waals surface area contributed by atoms with Crippen molar-refractivity contribution in [3.05, 3.63) is 35.8 Å². The molecule has 3 rings (SSSR count). The molecule has 1 fully saturated rings. The zero-order valence-corrected chi connectivity index (χ0v) is 11.8. The molecular formula is C14H17N5O2. The summed E-state index contributed by atoms with van der Waals surface area (Å²) in [6.07, 6.45) is 1.63. The van der Waals surface area contributed by atoms with E-state index in [1.54, 1.807) is 40.7 Å². The number of imidazole rings is 1. The summed E-state index contributed by atoms with van der Waals surface area (Å²) in [5.41, 5.74) is 1.42. The lowest BCUT2D eigenvalue weighted by Crippen LogP contribution is -2.46. The first kappa shape index (κ1) is 13.6. The van der Waals surface area contributed by atoms with Crippen molar-refractivity contribution in [1.82, 2.24) is 24.9 Å². The van der Waals surface area contributed by atoms with Crippen LogP contribution in [0.3, 0.4) is 0 Å². The number of pyridine rings is 1. The third-order valence-corrected chi connectivity index (χ3v) is 3.58. The maximum Gasteiger partial charge on any atom is 0.274 e. The zero-order chi connectivity index (χ0) is 14.8. The van der Waals surface area contributed by atoms with Crippen LogP contribution in [0, 0.1) is 0 Å². The van der Waals surface area contributed by atoms with Crippen molar-refractivity contribution in [1.29, 1.82) is 0 Å². The van der Waals surface area contributed by atoms with Crippen LogP contribution in [-0.2, 0) is 0 Å². The molecule has 1 saturated heterocycles. The molecular weight excluding hydrogens is 270 g/mol. The van der Waals surface area contributed by atoms with Gasteiger partial charge in [0.1, 0.15) is 17.0 Å². The van der Waals surface area contributed by atoms with E-state index in [0.717, 1.165) is 13.1 Å². The molecule has 0 spiro atoms. The van der Waals surface area contributed by atoms with Gasteiger partial charge in [-0.2, -0.15) is 0 Å². The molecule has 0 bridgehead atoms. The molecule has 7 heteroatoms. The van der Waals surface area contributed by atoms with Crippen molar-refractivity contribution >= 4 is 17.5 Å². The van der Waals surface area contributed by atoms with Crippen molar-refractivity contribution in [2.75, 3.05) is 33.2 Å². The first-order valence-corrected chi connectivity index (χ1v) is 6.91. The van der Waals surface area contributed by atoms with Gasteiger partial charge >= 0.3 is 0 Å².